The lowest BCUT2D eigenvalue weighted by atomic mass is 10.2. The molecule has 0 aliphatic rings. The highest BCUT2D eigenvalue weighted by Crippen LogP contribution is 2.21. The van der Waals surface area contributed by atoms with Gasteiger partial charge in [0, 0.05) is 18.7 Å². The number of halogens is 5. The van der Waals surface area contributed by atoms with Crippen LogP contribution in [0.2, 0.25) is 5.02 Å². The first-order valence-corrected chi connectivity index (χ1v) is 5.67. The van der Waals surface area contributed by atoms with Gasteiger partial charge in [0.25, 0.3) is 0 Å². The van der Waals surface area contributed by atoms with Crippen molar-refractivity contribution in [1.82, 2.24) is 0 Å². The number of hydrogen-bond donors (Lipinski definition) is 1. The minimum Gasteiger partial charge on any atom is -0.378 e. The van der Waals surface area contributed by atoms with E-state index in [9.17, 15) is 17.6 Å². The van der Waals surface area contributed by atoms with Crippen molar-refractivity contribution >= 4 is 17.3 Å². The highest BCUT2D eigenvalue weighted by atomic mass is 35.5. The van der Waals surface area contributed by atoms with Crippen LogP contribution in [0.5, 0.6) is 0 Å². The molecule has 0 spiro atoms. The Morgan fingerprint density at radius 3 is 2.37 bits per heavy atom. The van der Waals surface area contributed by atoms with E-state index in [1.165, 1.54) is 12.1 Å². The summed E-state index contributed by atoms with van der Waals surface area (Å²) in [6.07, 6.45) is 0. The van der Waals surface area contributed by atoms with Crippen LogP contribution in [-0.4, -0.2) is 0 Å². The van der Waals surface area contributed by atoms with Gasteiger partial charge < -0.3 is 5.32 Å². The van der Waals surface area contributed by atoms with E-state index in [0.29, 0.717) is 11.6 Å². The van der Waals surface area contributed by atoms with Crippen LogP contribution in [0.1, 0.15) is 5.56 Å². The maximum absolute atomic E-state index is 13.3. The molecule has 0 saturated carbocycles. The van der Waals surface area contributed by atoms with Gasteiger partial charge in [0.1, 0.15) is 11.6 Å². The van der Waals surface area contributed by atoms with Crippen LogP contribution in [0.15, 0.2) is 30.3 Å². The van der Waals surface area contributed by atoms with Crippen molar-refractivity contribution in [1.29, 1.82) is 0 Å². The summed E-state index contributed by atoms with van der Waals surface area (Å²) >= 11 is 5.51. The molecule has 2 aromatic rings. The highest BCUT2D eigenvalue weighted by molar-refractivity contribution is 6.30. The normalized spacial score (nSPS) is 10.6. The van der Waals surface area contributed by atoms with Crippen LogP contribution in [-0.2, 0) is 6.54 Å². The first-order chi connectivity index (χ1) is 8.97. The zero-order valence-corrected chi connectivity index (χ0v) is 10.2. The van der Waals surface area contributed by atoms with Crippen LogP contribution >= 0.6 is 11.6 Å². The van der Waals surface area contributed by atoms with E-state index >= 15 is 0 Å². The molecule has 1 nitrogen and oxygen atoms in total. The van der Waals surface area contributed by atoms with Crippen molar-refractivity contribution in [3.8, 4) is 0 Å². The predicted molar refractivity (Wildman–Crippen MR) is 65.1 cm³/mol. The topological polar surface area (TPSA) is 12.0 Å². The first-order valence-electron chi connectivity index (χ1n) is 5.29. The van der Waals surface area contributed by atoms with Crippen LogP contribution in [0.3, 0.4) is 0 Å². The smallest absolute Gasteiger partial charge is 0.182 e. The van der Waals surface area contributed by atoms with Crippen LogP contribution < -0.4 is 5.32 Å². The Balaban J connectivity index is 2.16. The van der Waals surface area contributed by atoms with E-state index in [2.05, 4.69) is 5.32 Å². The molecule has 2 rings (SSSR count). The number of nitrogens with one attached hydrogen (secondary N) is 1. The SMILES string of the molecule is Fc1cc(F)c(F)c(NCc2ccc(Cl)c(F)c2)c1. The number of benzene rings is 2. The van der Waals surface area contributed by atoms with Gasteiger partial charge in [-0.15, -0.1) is 0 Å². The third-order valence-electron chi connectivity index (χ3n) is 2.46. The molecule has 0 radical (unpaired) electrons. The fourth-order valence-electron chi connectivity index (χ4n) is 1.53. The Morgan fingerprint density at radius 1 is 0.947 bits per heavy atom. The van der Waals surface area contributed by atoms with Crippen molar-refractivity contribution in [2.75, 3.05) is 5.32 Å². The molecule has 0 unspecified atom stereocenters. The predicted octanol–water partition coefficient (Wildman–Crippen LogP) is 4.51. The van der Waals surface area contributed by atoms with Gasteiger partial charge in [0.2, 0.25) is 0 Å². The average molecular weight is 290 g/mol. The molecule has 100 valence electrons. The lowest BCUT2D eigenvalue weighted by Crippen LogP contribution is -2.04. The van der Waals surface area contributed by atoms with Gasteiger partial charge in [0.05, 0.1) is 10.7 Å². The molecule has 19 heavy (non-hydrogen) atoms. The van der Waals surface area contributed by atoms with Crippen molar-refractivity contribution in [2.45, 2.75) is 6.54 Å². The summed E-state index contributed by atoms with van der Waals surface area (Å²) in [5, 5.41) is 2.46. The largest absolute Gasteiger partial charge is 0.378 e. The lowest BCUT2D eigenvalue weighted by Gasteiger charge is -2.09. The summed E-state index contributed by atoms with van der Waals surface area (Å²) in [6.45, 7) is 0.00784. The van der Waals surface area contributed by atoms with Crippen LogP contribution in [0.4, 0.5) is 23.2 Å². The summed E-state index contributed by atoms with van der Waals surface area (Å²) in [6, 6.07) is 5.29. The van der Waals surface area contributed by atoms with E-state index in [0.717, 1.165) is 12.1 Å². The first kappa shape index (κ1) is 13.7. The van der Waals surface area contributed by atoms with Crippen LogP contribution in [0, 0.1) is 23.3 Å². The van der Waals surface area contributed by atoms with Gasteiger partial charge in [-0.1, -0.05) is 17.7 Å². The van der Waals surface area contributed by atoms with Crippen molar-refractivity contribution in [2.24, 2.45) is 0 Å². The second-order valence-electron chi connectivity index (χ2n) is 3.85. The molecule has 0 aliphatic heterocycles. The molecule has 0 fully saturated rings. The molecule has 0 saturated heterocycles. The third kappa shape index (κ3) is 3.17. The van der Waals surface area contributed by atoms with Gasteiger partial charge in [0.15, 0.2) is 11.6 Å². The molecule has 0 bridgehead atoms. The molecule has 0 aromatic heterocycles. The summed E-state index contributed by atoms with van der Waals surface area (Å²) in [7, 11) is 0. The fraction of sp³-hybridized carbons (Fsp3) is 0.0769. The summed E-state index contributed by atoms with van der Waals surface area (Å²) in [5.74, 6) is -3.99. The molecule has 6 heteroatoms. The molecule has 0 amide bonds. The van der Waals surface area contributed by atoms with Crippen LogP contribution in [0.25, 0.3) is 0 Å². The standard InChI is InChI=1S/C13H8ClF4N/c14-9-2-1-7(3-10(9)16)6-19-12-5-8(15)4-11(17)13(12)18/h1-5,19H,6H2. The van der Waals surface area contributed by atoms with E-state index in [1.54, 1.807) is 0 Å². The lowest BCUT2D eigenvalue weighted by molar-refractivity contribution is 0.497. The number of rotatable bonds is 3. The fourth-order valence-corrected chi connectivity index (χ4v) is 1.65. The summed E-state index contributed by atoms with van der Waals surface area (Å²) in [4.78, 5) is 0. The Bertz CT molecular complexity index is 616. The quantitative estimate of drug-likeness (QED) is 0.647. The average Bonchev–Trinajstić information content (AvgIpc) is 2.36. The van der Waals surface area contributed by atoms with Crippen molar-refractivity contribution in [3.63, 3.8) is 0 Å². The van der Waals surface area contributed by atoms with Crippen molar-refractivity contribution in [3.05, 3.63) is 64.2 Å². The van der Waals surface area contributed by atoms with Gasteiger partial charge in [-0.05, 0) is 17.7 Å². The van der Waals surface area contributed by atoms with E-state index in [-0.39, 0.29) is 17.3 Å². The van der Waals surface area contributed by atoms with E-state index in [4.69, 9.17) is 11.6 Å². The zero-order valence-electron chi connectivity index (χ0n) is 9.48. The Kier molecular flexibility index (Phi) is 3.95. The van der Waals surface area contributed by atoms with Gasteiger partial charge in [-0.3, -0.25) is 0 Å². The minimum absolute atomic E-state index is 0.00784. The second-order valence-corrected chi connectivity index (χ2v) is 4.26. The van der Waals surface area contributed by atoms with E-state index < -0.39 is 23.3 Å². The molecular formula is C13H8ClF4N. The highest BCUT2D eigenvalue weighted by Gasteiger charge is 2.11. The van der Waals surface area contributed by atoms with Gasteiger partial charge >= 0.3 is 0 Å². The number of anilines is 1. The number of hydrogen-bond acceptors (Lipinski definition) is 1. The maximum atomic E-state index is 13.3. The third-order valence-corrected chi connectivity index (χ3v) is 2.77. The van der Waals surface area contributed by atoms with Gasteiger partial charge in [-0.2, -0.15) is 0 Å². The summed E-state index contributed by atoms with van der Waals surface area (Å²) in [5.41, 5.74) is 0.138. The summed E-state index contributed by atoms with van der Waals surface area (Å²) < 4.78 is 52.4. The van der Waals surface area contributed by atoms with Crippen molar-refractivity contribution < 1.29 is 17.6 Å². The molecule has 2 aromatic carbocycles. The molecular weight excluding hydrogens is 282 g/mol. The molecule has 0 heterocycles. The molecule has 1 N–H and O–H groups in total. The Hall–Kier alpha value is -1.75. The maximum Gasteiger partial charge on any atom is 0.182 e. The monoisotopic (exact) mass is 289 g/mol. The Morgan fingerprint density at radius 2 is 1.68 bits per heavy atom. The minimum atomic E-state index is -1.29. The zero-order chi connectivity index (χ0) is 14.0. The van der Waals surface area contributed by atoms with E-state index in [1.807, 2.05) is 0 Å². The Labute approximate surface area is 111 Å². The molecule has 0 atom stereocenters. The molecule has 0 aliphatic carbocycles. The van der Waals surface area contributed by atoms with Gasteiger partial charge in [-0.25, -0.2) is 17.6 Å². The second kappa shape index (κ2) is 5.48.